The van der Waals surface area contributed by atoms with Crippen molar-refractivity contribution >= 4 is 19.9 Å². The molecule has 2 rings (SSSR count). The third kappa shape index (κ3) is 6.77. The molecule has 0 heterocycles. The third-order valence-electron chi connectivity index (χ3n) is 7.71. The van der Waals surface area contributed by atoms with E-state index in [4.69, 9.17) is 21.8 Å². The Morgan fingerprint density at radius 2 is 1.69 bits per heavy atom. The lowest BCUT2D eigenvalue weighted by Gasteiger charge is -2.48. The normalized spacial score (nSPS) is 20.5. The Morgan fingerprint density at radius 1 is 1.12 bits per heavy atom. The maximum Gasteiger partial charge on any atom is 0.248 e. The molecule has 184 valence electrons. The van der Waals surface area contributed by atoms with Gasteiger partial charge in [0.05, 0.1) is 0 Å². The number of hydrogen-bond donors (Lipinski definition) is 1. The third-order valence-corrected chi connectivity index (χ3v) is 12.6. The first-order valence-electron chi connectivity index (χ1n) is 11.8. The highest BCUT2D eigenvalue weighted by Gasteiger charge is 2.53. The number of alkyl halides is 2. The largest absolute Gasteiger partial charge is 0.416 e. The summed E-state index contributed by atoms with van der Waals surface area (Å²) in [5, 5.41) is 0.746. The highest BCUT2D eigenvalue weighted by Crippen LogP contribution is 2.51. The minimum absolute atomic E-state index is 0.0457. The van der Waals surface area contributed by atoms with Crippen LogP contribution in [0.15, 0.2) is 18.2 Å². The van der Waals surface area contributed by atoms with Crippen LogP contribution in [0.25, 0.3) is 0 Å². The molecule has 2 N–H and O–H groups in total. The van der Waals surface area contributed by atoms with Gasteiger partial charge in [-0.2, -0.15) is 0 Å². The quantitative estimate of drug-likeness (QED) is 0.375. The molecule has 0 aliphatic heterocycles. The molecule has 1 aromatic carbocycles. The predicted octanol–water partition coefficient (Wildman–Crippen LogP) is 8.18. The summed E-state index contributed by atoms with van der Waals surface area (Å²) in [6.07, 6.45) is 1.69. The van der Waals surface area contributed by atoms with Gasteiger partial charge < -0.3 is 10.2 Å². The second-order valence-electron chi connectivity index (χ2n) is 12.9. The summed E-state index contributed by atoms with van der Waals surface area (Å²) in [5.74, 6) is -2.96. The van der Waals surface area contributed by atoms with Crippen molar-refractivity contribution in [3.8, 4) is 0 Å². The van der Waals surface area contributed by atoms with Crippen LogP contribution in [0.3, 0.4) is 0 Å². The zero-order valence-electron chi connectivity index (χ0n) is 21.5. The van der Waals surface area contributed by atoms with E-state index < -0.39 is 19.8 Å². The smallest absolute Gasteiger partial charge is 0.248 e. The van der Waals surface area contributed by atoms with Crippen molar-refractivity contribution in [3.63, 3.8) is 0 Å². The van der Waals surface area contributed by atoms with Crippen LogP contribution in [0.1, 0.15) is 78.9 Å². The van der Waals surface area contributed by atoms with Crippen LogP contribution in [0.4, 0.5) is 8.78 Å². The summed E-state index contributed by atoms with van der Waals surface area (Å²) in [5.41, 5.74) is 8.32. The van der Waals surface area contributed by atoms with Crippen LogP contribution in [0.2, 0.25) is 23.2 Å². The Kier molecular flexibility index (Phi) is 8.04. The van der Waals surface area contributed by atoms with E-state index in [0.29, 0.717) is 11.6 Å². The molecule has 0 spiro atoms. The molecule has 0 amide bonds. The van der Waals surface area contributed by atoms with E-state index in [-0.39, 0.29) is 35.1 Å². The Balaban J connectivity index is 2.28. The van der Waals surface area contributed by atoms with Gasteiger partial charge in [0.2, 0.25) is 5.92 Å². The Morgan fingerprint density at radius 3 is 2.12 bits per heavy atom. The van der Waals surface area contributed by atoms with Crippen LogP contribution in [-0.4, -0.2) is 20.8 Å². The summed E-state index contributed by atoms with van der Waals surface area (Å²) < 4.78 is 34.1. The van der Waals surface area contributed by atoms with E-state index in [1.54, 1.807) is 0 Å². The maximum atomic E-state index is 13.8. The fourth-order valence-electron chi connectivity index (χ4n) is 4.11. The van der Waals surface area contributed by atoms with Gasteiger partial charge in [0.25, 0.3) is 0 Å². The van der Waals surface area contributed by atoms with Crippen LogP contribution in [0.5, 0.6) is 0 Å². The van der Waals surface area contributed by atoms with E-state index in [1.165, 1.54) is 0 Å². The zero-order chi connectivity index (χ0) is 24.8. The van der Waals surface area contributed by atoms with E-state index in [1.807, 2.05) is 19.1 Å². The van der Waals surface area contributed by atoms with Gasteiger partial charge in [-0.1, -0.05) is 65.3 Å². The molecule has 2 atom stereocenters. The topological polar surface area (TPSA) is 35.2 Å². The Hall–Kier alpha value is -0.493. The van der Waals surface area contributed by atoms with Crippen molar-refractivity contribution in [1.82, 2.24) is 0 Å². The van der Waals surface area contributed by atoms with Gasteiger partial charge in [-0.15, -0.1) is 0 Å². The average molecular weight is 488 g/mol. The lowest BCUT2D eigenvalue weighted by Crippen LogP contribution is -2.54. The number of halogens is 3. The van der Waals surface area contributed by atoms with Crippen LogP contribution in [0, 0.1) is 17.3 Å². The predicted molar refractivity (Wildman–Crippen MR) is 135 cm³/mol. The summed E-state index contributed by atoms with van der Waals surface area (Å²) in [7, 11) is -2.04. The maximum absolute atomic E-state index is 13.8. The van der Waals surface area contributed by atoms with Gasteiger partial charge in [0, 0.05) is 35.9 Å². The van der Waals surface area contributed by atoms with E-state index in [9.17, 15) is 8.78 Å². The van der Waals surface area contributed by atoms with Crippen molar-refractivity contribution in [1.29, 1.82) is 0 Å². The molecule has 32 heavy (non-hydrogen) atoms. The Labute approximate surface area is 200 Å². The first kappa shape index (κ1) is 27.7. The van der Waals surface area contributed by atoms with Crippen molar-refractivity contribution in [2.45, 2.75) is 104 Å². The number of nitrogens with two attached hydrogens (primary N) is 1. The monoisotopic (exact) mass is 487 g/mol. The molecule has 0 saturated heterocycles. The highest BCUT2D eigenvalue weighted by atomic mass is 35.5. The molecule has 0 bridgehead atoms. The van der Waals surface area contributed by atoms with E-state index in [2.05, 4.69) is 60.7 Å². The zero-order valence-corrected chi connectivity index (χ0v) is 23.3. The van der Waals surface area contributed by atoms with Gasteiger partial charge in [-0.05, 0) is 66.4 Å². The minimum Gasteiger partial charge on any atom is -0.416 e. The Bertz CT molecular complexity index is 788. The standard InChI is InChI=1S/C26H44ClF2NOSi/c1-23(2,3)13-12-18-10-11-20(14-22(18)27)25(7,30)21(19-15-26(28,29)16-19)17-31-32(8,9)24(4,5)6/h10-11,14,19,21H,12-13,15-17,30H2,1-9H3/t21?,25-/m0/s1. The fraction of sp³-hybridized carbons (Fsp3) is 0.769. The number of aryl methyl sites for hydroxylation is 1. The molecule has 1 fully saturated rings. The molecule has 1 aromatic rings. The van der Waals surface area contributed by atoms with Crippen molar-refractivity contribution < 1.29 is 13.2 Å². The van der Waals surface area contributed by atoms with E-state index in [0.717, 1.165) is 24.0 Å². The van der Waals surface area contributed by atoms with Crippen LogP contribution < -0.4 is 5.73 Å². The second-order valence-corrected chi connectivity index (χ2v) is 18.1. The van der Waals surface area contributed by atoms with Gasteiger partial charge >= 0.3 is 0 Å². The average Bonchev–Trinajstić information content (AvgIpc) is 2.57. The van der Waals surface area contributed by atoms with Crippen molar-refractivity contribution in [2.24, 2.45) is 23.0 Å². The first-order chi connectivity index (χ1) is 14.3. The number of benzene rings is 1. The molecular formula is C26H44ClF2NOSi. The molecule has 1 aliphatic rings. The fourth-order valence-corrected chi connectivity index (χ4v) is 5.42. The SMILES string of the molecule is CC(C)(C)CCc1ccc([C@](C)(N)C(CO[Si](C)(C)C(C)(C)C)C2CC(F)(F)C2)cc1Cl. The molecule has 2 nitrogen and oxygen atoms in total. The number of rotatable bonds is 8. The van der Waals surface area contributed by atoms with Crippen molar-refractivity contribution in [3.05, 3.63) is 34.3 Å². The molecular weight excluding hydrogens is 444 g/mol. The lowest BCUT2D eigenvalue weighted by atomic mass is 9.65. The molecule has 0 radical (unpaired) electrons. The van der Waals surface area contributed by atoms with Crippen molar-refractivity contribution in [2.75, 3.05) is 6.61 Å². The molecule has 1 unspecified atom stereocenters. The summed E-state index contributed by atoms with van der Waals surface area (Å²) in [6.45, 7) is 19.9. The van der Waals surface area contributed by atoms with E-state index >= 15 is 0 Å². The number of hydrogen-bond acceptors (Lipinski definition) is 2. The second kappa shape index (κ2) is 9.28. The first-order valence-corrected chi connectivity index (χ1v) is 15.1. The lowest BCUT2D eigenvalue weighted by molar-refractivity contribution is -0.139. The van der Waals surface area contributed by atoms with Gasteiger partial charge in [-0.3, -0.25) is 0 Å². The molecule has 1 aliphatic carbocycles. The van der Waals surface area contributed by atoms with Crippen LogP contribution >= 0.6 is 11.6 Å². The molecule has 1 saturated carbocycles. The van der Waals surface area contributed by atoms with Crippen LogP contribution in [-0.2, 0) is 16.4 Å². The highest BCUT2D eigenvalue weighted by molar-refractivity contribution is 6.74. The van der Waals surface area contributed by atoms with Gasteiger partial charge in [0.1, 0.15) is 0 Å². The summed E-state index contributed by atoms with van der Waals surface area (Å²) >= 11 is 6.65. The summed E-state index contributed by atoms with van der Waals surface area (Å²) in [6, 6.07) is 6.02. The minimum atomic E-state index is -2.59. The molecule has 0 aromatic heterocycles. The molecule has 6 heteroatoms. The van der Waals surface area contributed by atoms with Gasteiger partial charge in [0.15, 0.2) is 8.32 Å². The van der Waals surface area contributed by atoms with Gasteiger partial charge in [-0.25, -0.2) is 8.78 Å². The summed E-state index contributed by atoms with van der Waals surface area (Å²) in [4.78, 5) is 0.